The lowest BCUT2D eigenvalue weighted by atomic mass is 9.89. The zero-order valence-corrected chi connectivity index (χ0v) is 13.4. The Kier molecular flexibility index (Phi) is 5.47. The topological polar surface area (TPSA) is 50.4 Å². The smallest absolute Gasteiger partial charge is 0.407 e. The Morgan fingerprint density at radius 2 is 1.60 bits per heavy atom. The average molecular weight is 280 g/mol. The second-order valence-corrected chi connectivity index (χ2v) is 7.11. The van der Waals surface area contributed by atoms with Crippen molar-refractivity contribution in [1.82, 2.24) is 10.6 Å². The van der Waals surface area contributed by atoms with Gasteiger partial charge in [-0.25, -0.2) is 4.79 Å². The largest absolute Gasteiger partial charge is 0.444 e. The molecule has 114 valence electrons. The summed E-state index contributed by atoms with van der Waals surface area (Å²) in [6.07, 6.45) is 9.12. The van der Waals surface area contributed by atoms with Gasteiger partial charge in [0.1, 0.15) is 5.60 Å². The lowest BCUT2D eigenvalue weighted by molar-refractivity contribution is 0.0488. The van der Waals surface area contributed by atoms with Gasteiger partial charge in [-0.2, -0.15) is 0 Å². The van der Waals surface area contributed by atoms with E-state index in [1.54, 1.807) is 0 Å². The van der Waals surface area contributed by atoms with Gasteiger partial charge in [0.2, 0.25) is 0 Å². The minimum atomic E-state index is -0.445. The molecule has 0 atom stereocenters. The summed E-state index contributed by atoms with van der Waals surface area (Å²) in [5.74, 6) is 2.76. The quantitative estimate of drug-likeness (QED) is 0.782. The molecule has 4 nitrogen and oxygen atoms in total. The summed E-state index contributed by atoms with van der Waals surface area (Å²) in [7, 11) is 0. The summed E-state index contributed by atoms with van der Waals surface area (Å²) >= 11 is 0. The highest BCUT2D eigenvalue weighted by molar-refractivity contribution is 5.68. The fourth-order valence-electron chi connectivity index (χ4n) is 2.41. The van der Waals surface area contributed by atoms with E-state index in [0.717, 1.165) is 25.7 Å². The monoisotopic (exact) mass is 280 g/mol. The Balaban J connectivity index is 2.33. The van der Waals surface area contributed by atoms with Gasteiger partial charge in [0.25, 0.3) is 0 Å². The van der Waals surface area contributed by atoms with Gasteiger partial charge in [-0.1, -0.05) is 5.92 Å². The Bertz CT molecular complexity index is 369. The van der Waals surface area contributed by atoms with Crippen molar-refractivity contribution in [3.63, 3.8) is 0 Å². The first-order chi connectivity index (χ1) is 9.11. The standard InChI is InChI=1S/C16H28N2O2/c1-7-16(5,6)18-13-10-8-12(9-11-13)17-14(19)20-15(2,3)4/h1,12-13,18H,8-11H2,2-6H3,(H,17,19). The summed E-state index contributed by atoms with van der Waals surface area (Å²) in [6.45, 7) is 9.63. The first kappa shape index (κ1) is 16.8. The van der Waals surface area contributed by atoms with Gasteiger partial charge >= 0.3 is 6.09 Å². The van der Waals surface area contributed by atoms with Crippen molar-refractivity contribution >= 4 is 6.09 Å². The third-order valence-electron chi connectivity index (χ3n) is 3.37. The number of ether oxygens (including phenoxy) is 1. The van der Waals surface area contributed by atoms with Crippen molar-refractivity contribution in [3.8, 4) is 12.3 Å². The first-order valence-corrected chi connectivity index (χ1v) is 7.36. The molecule has 0 aliphatic heterocycles. The molecule has 1 saturated carbocycles. The fourth-order valence-corrected chi connectivity index (χ4v) is 2.41. The van der Waals surface area contributed by atoms with E-state index in [9.17, 15) is 4.79 Å². The third-order valence-corrected chi connectivity index (χ3v) is 3.37. The van der Waals surface area contributed by atoms with E-state index in [0.29, 0.717) is 6.04 Å². The van der Waals surface area contributed by atoms with Crippen molar-refractivity contribution < 1.29 is 9.53 Å². The summed E-state index contributed by atoms with van der Waals surface area (Å²) in [5, 5.41) is 6.42. The van der Waals surface area contributed by atoms with Gasteiger partial charge in [-0.3, -0.25) is 5.32 Å². The molecule has 0 saturated heterocycles. The zero-order valence-electron chi connectivity index (χ0n) is 13.4. The molecular formula is C16H28N2O2. The summed E-state index contributed by atoms with van der Waals surface area (Å²) in [5.41, 5.74) is -0.713. The highest BCUT2D eigenvalue weighted by atomic mass is 16.6. The highest BCUT2D eigenvalue weighted by Gasteiger charge is 2.27. The average Bonchev–Trinajstić information content (AvgIpc) is 2.29. The third kappa shape index (κ3) is 6.29. The molecular weight excluding hydrogens is 252 g/mol. The van der Waals surface area contributed by atoms with Crippen LogP contribution in [0.1, 0.15) is 60.3 Å². The van der Waals surface area contributed by atoms with Crippen LogP contribution in [0.4, 0.5) is 4.79 Å². The van der Waals surface area contributed by atoms with Crippen LogP contribution in [0.2, 0.25) is 0 Å². The molecule has 0 radical (unpaired) electrons. The van der Waals surface area contributed by atoms with Crippen LogP contribution in [0.3, 0.4) is 0 Å². The highest BCUT2D eigenvalue weighted by Crippen LogP contribution is 2.21. The second kappa shape index (κ2) is 6.49. The van der Waals surface area contributed by atoms with Crippen molar-refractivity contribution in [3.05, 3.63) is 0 Å². The predicted molar refractivity (Wildman–Crippen MR) is 81.5 cm³/mol. The van der Waals surface area contributed by atoms with Crippen LogP contribution in [0.5, 0.6) is 0 Å². The number of hydrogen-bond donors (Lipinski definition) is 2. The van der Waals surface area contributed by atoms with E-state index >= 15 is 0 Å². The molecule has 0 heterocycles. The fraction of sp³-hybridized carbons (Fsp3) is 0.812. The number of carbonyl (C=O) groups is 1. The molecule has 1 amide bonds. The normalized spacial score (nSPS) is 23.8. The lowest BCUT2D eigenvalue weighted by Gasteiger charge is -2.34. The minimum absolute atomic E-state index is 0.205. The van der Waals surface area contributed by atoms with E-state index in [1.807, 2.05) is 34.6 Å². The molecule has 0 aromatic rings. The predicted octanol–water partition coefficient (Wildman–Crippen LogP) is 2.82. The van der Waals surface area contributed by atoms with Crippen LogP contribution in [0, 0.1) is 12.3 Å². The van der Waals surface area contributed by atoms with E-state index in [1.165, 1.54) is 0 Å². The van der Waals surface area contributed by atoms with Crippen LogP contribution in [-0.4, -0.2) is 29.3 Å². The van der Waals surface area contributed by atoms with Gasteiger partial charge in [0.05, 0.1) is 5.54 Å². The van der Waals surface area contributed by atoms with Crippen LogP contribution in [-0.2, 0) is 4.74 Å². The Hall–Kier alpha value is -1.21. The van der Waals surface area contributed by atoms with Crippen molar-refractivity contribution in [2.75, 3.05) is 0 Å². The van der Waals surface area contributed by atoms with Gasteiger partial charge in [0, 0.05) is 12.1 Å². The molecule has 20 heavy (non-hydrogen) atoms. The lowest BCUT2D eigenvalue weighted by Crippen LogP contribution is -2.49. The van der Waals surface area contributed by atoms with Gasteiger partial charge in [-0.15, -0.1) is 6.42 Å². The molecule has 4 heteroatoms. The Morgan fingerprint density at radius 1 is 1.10 bits per heavy atom. The number of alkyl carbamates (subject to hydrolysis) is 1. The van der Waals surface area contributed by atoms with Gasteiger partial charge in [0.15, 0.2) is 0 Å². The molecule has 0 aromatic heterocycles. The van der Waals surface area contributed by atoms with Crippen molar-refractivity contribution in [2.45, 2.75) is 83.5 Å². The summed E-state index contributed by atoms with van der Waals surface area (Å²) in [4.78, 5) is 11.7. The maximum Gasteiger partial charge on any atom is 0.407 e. The molecule has 0 unspecified atom stereocenters. The van der Waals surface area contributed by atoms with Crippen LogP contribution in [0.25, 0.3) is 0 Å². The van der Waals surface area contributed by atoms with Crippen molar-refractivity contribution in [2.24, 2.45) is 0 Å². The number of rotatable bonds is 3. The summed E-state index contributed by atoms with van der Waals surface area (Å²) in [6, 6.07) is 0.634. The van der Waals surface area contributed by atoms with E-state index in [4.69, 9.17) is 11.2 Å². The Morgan fingerprint density at radius 3 is 2.05 bits per heavy atom. The van der Waals surface area contributed by atoms with Gasteiger partial charge in [-0.05, 0) is 60.3 Å². The zero-order chi connectivity index (χ0) is 15.4. The number of carbonyl (C=O) groups excluding carboxylic acids is 1. The number of terminal acetylenes is 1. The number of hydrogen-bond acceptors (Lipinski definition) is 3. The molecule has 0 spiro atoms. The molecule has 1 aliphatic rings. The maximum atomic E-state index is 11.7. The van der Waals surface area contributed by atoms with Crippen molar-refractivity contribution in [1.29, 1.82) is 0 Å². The molecule has 0 aromatic carbocycles. The molecule has 1 fully saturated rings. The molecule has 2 N–H and O–H groups in total. The van der Waals surface area contributed by atoms with Crippen LogP contribution < -0.4 is 10.6 Å². The first-order valence-electron chi connectivity index (χ1n) is 7.36. The van der Waals surface area contributed by atoms with Crippen LogP contribution >= 0.6 is 0 Å². The molecule has 1 aliphatic carbocycles. The van der Waals surface area contributed by atoms with E-state index in [2.05, 4.69) is 16.6 Å². The number of amides is 1. The van der Waals surface area contributed by atoms with Crippen LogP contribution in [0.15, 0.2) is 0 Å². The SMILES string of the molecule is C#CC(C)(C)NC1CCC(NC(=O)OC(C)(C)C)CC1. The molecule has 1 rings (SSSR count). The summed E-state index contributed by atoms with van der Waals surface area (Å²) < 4.78 is 5.27. The van der Waals surface area contributed by atoms with Gasteiger partial charge < -0.3 is 10.1 Å². The second-order valence-electron chi connectivity index (χ2n) is 7.11. The Labute approximate surface area is 123 Å². The molecule has 0 bridgehead atoms. The minimum Gasteiger partial charge on any atom is -0.444 e. The maximum absolute atomic E-state index is 11.7. The van der Waals surface area contributed by atoms with E-state index in [-0.39, 0.29) is 17.7 Å². The number of nitrogens with one attached hydrogen (secondary N) is 2. The van der Waals surface area contributed by atoms with E-state index < -0.39 is 5.60 Å².